The number of anilines is 1. The number of nitrogens with one attached hydrogen (secondary N) is 3. The number of benzene rings is 2. The van der Waals surface area contributed by atoms with E-state index in [1.54, 1.807) is 43.4 Å². The maximum absolute atomic E-state index is 12.5. The van der Waals surface area contributed by atoms with Crippen molar-refractivity contribution >= 4 is 23.5 Å². The summed E-state index contributed by atoms with van der Waals surface area (Å²) in [6.07, 6.45) is 0. The molecule has 0 aromatic heterocycles. The van der Waals surface area contributed by atoms with Crippen LogP contribution in [0.2, 0.25) is 0 Å². The zero-order valence-corrected chi connectivity index (χ0v) is 16.4. The van der Waals surface area contributed by atoms with Crippen LogP contribution < -0.4 is 16.0 Å². The molecule has 3 N–H and O–H groups in total. The molecule has 0 atom stereocenters. The lowest BCUT2D eigenvalue weighted by Crippen LogP contribution is -2.39. The molecule has 0 saturated carbocycles. The summed E-state index contributed by atoms with van der Waals surface area (Å²) in [5.41, 5.74) is 2.04. The second kappa shape index (κ2) is 10.1. The van der Waals surface area contributed by atoms with E-state index in [9.17, 15) is 14.4 Å². The number of carbonyl (C=O) groups is 3. The Labute approximate surface area is 165 Å². The third-order valence-corrected chi connectivity index (χ3v) is 3.86. The van der Waals surface area contributed by atoms with Gasteiger partial charge < -0.3 is 20.9 Å². The molecule has 0 aliphatic heterocycles. The van der Waals surface area contributed by atoms with E-state index >= 15 is 0 Å². The molecular formula is C21H26N4O3. The largest absolute Gasteiger partial charge is 0.336 e. The maximum Gasteiger partial charge on any atom is 0.315 e. The van der Waals surface area contributed by atoms with Gasteiger partial charge in [-0.05, 0) is 43.7 Å². The number of para-hydroxylation sites is 1. The predicted octanol–water partition coefficient (Wildman–Crippen LogP) is 2.60. The summed E-state index contributed by atoms with van der Waals surface area (Å²) >= 11 is 0. The van der Waals surface area contributed by atoms with Gasteiger partial charge in [0.1, 0.15) is 0 Å². The number of hydrogen-bond acceptors (Lipinski definition) is 3. The topological polar surface area (TPSA) is 90.5 Å². The highest BCUT2D eigenvalue weighted by molar-refractivity contribution is 5.99. The lowest BCUT2D eigenvalue weighted by atomic mass is 10.1. The Hall–Kier alpha value is -3.35. The second-order valence-electron chi connectivity index (χ2n) is 6.75. The summed E-state index contributed by atoms with van der Waals surface area (Å²) in [5.74, 6) is -0.515. The highest BCUT2D eigenvalue weighted by atomic mass is 16.2. The molecule has 0 spiro atoms. The Morgan fingerprint density at radius 3 is 2.21 bits per heavy atom. The minimum absolute atomic E-state index is 0.0492. The fourth-order valence-corrected chi connectivity index (χ4v) is 2.49. The van der Waals surface area contributed by atoms with Crippen molar-refractivity contribution in [3.63, 3.8) is 0 Å². The van der Waals surface area contributed by atoms with E-state index in [4.69, 9.17) is 0 Å². The number of amides is 4. The Morgan fingerprint density at radius 1 is 0.964 bits per heavy atom. The number of carbonyl (C=O) groups excluding carboxylic acids is 3. The first kappa shape index (κ1) is 21.0. The summed E-state index contributed by atoms with van der Waals surface area (Å²) < 4.78 is 0. The highest BCUT2D eigenvalue weighted by Gasteiger charge is 2.15. The van der Waals surface area contributed by atoms with Crippen molar-refractivity contribution in [3.05, 3.63) is 65.7 Å². The molecule has 0 fully saturated rings. The van der Waals surface area contributed by atoms with Gasteiger partial charge in [0.25, 0.3) is 5.91 Å². The second-order valence-corrected chi connectivity index (χ2v) is 6.75. The zero-order valence-electron chi connectivity index (χ0n) is 16.4. The summed E-state index contributed by atoms with van der Waals surface area (Å²) in [5, 5.41) is 8.25. The summed E-state index contributed by atoms with van der Waals surface area (Å²) in [6, 6.07) is 15.8. The molecule has 0 heterocycles. The summed E-state index contributed by atoms with van der Waals surface area (Å²) in [6.45, 7) is 4.09. The first-order valence-corrected chi connectivity index (χ1v) is 9.09. The van der Waals surface area contributed by atoms with Crippen molar-refractivity contribution in [2.24, 2.45) is 0 Å². The first-order valence-electron chi connectivity index (χ1n) is 9.09. The van der Waals surface area contributed by atoms with Gasteiger partial charge in [-0.2, -0.15) is 0 Å². The molecule has 2 rings (SSSR count). The minimum atomic E-state index is -0.265. The molecule has 2 aromatic rings. The molecule has 0 radical (unpaired) electrons. The summed E-state index contributed by atoms with van der Waals surface area (Å²) in [4.78, 5) is 37.6. The molecule has 0 bridgehead atoms. The SMILES string of the molecule is CC(C)NC(=O)NCc1ccc(C(=O)N(C)CC(=O)Nc2ccccc2)cc1. The molecule has 7 heteroatoms. The number of likely N-dealkylation sites (N-methyl/N-ethyl adjacent to an activating group) is 1. The van der Waals surface area contributed by atoms with Crippen LogP contribution in [-0.4, -0.2) is 42.4 Å². The molecule has 0 unspecified atom stereocenters. The molecule has 4 amide bonds. The normalized spacial score (nSPS) is 10.3. The standard InChI is InChI=1S/C21H26N4O3/c1-15(2)23-21(28)22-13-16-9-11-17(12-10-16)20(27)25(3)14-19(26)24-18-7-5-4-6-8-18/h4-12,15H,13-14H2,1-3H3,(H,24,26)(H2,22,23,28). The van der Waals surface area contributed by atoms with Gasteiger partial charge in [-0.3, -0.25) is 9.59 Å². The van der Waals surface area contributed by atoms with Crippen LogP contribution in [0.3, 0.4) is 0 Å². The first-order chi connectivity index (χ1) is 13.3. The average molecular weight is 382 g/mol. The minimum Gasteiger partial charge on any atom is -0.336 e. The number of urea groups is 1. The van der Waals surface area contributed by atoms with Gasteiger partial charge in [0.05, 0.1) is 6.54 Å². The Bertz CT molecular complexity index is 804. The van der Waals surface area contributed by atoms with E-state index < -0.39 is 0 Å². The van der Waals surface area contributed by atoms with Gasteiger partial charge in [-0.1, -0.05) is 30.3 Å². The van der Waals surface area contributed by atoms with E-state index in [-0.39, 0.29) is 30.4 Å². The average Bonchev–Trinajstić information content (AvgIpc) is 2.66. The number of hydrogen-bond donors (Lipinski definition) is 3. The van der Waals surface area contributed by atoms with Crippen LogP contribution >= 0.6 is 0 Å². The van der Waals surface area contributed by atoms with Crippen molar-refractivity contribution in [2.75, 3.05) is 18.9 Å². The van der Waals surface area contributed by atoms with Gasteiger partial charge in [-0.15, -0.1) is 0 Å². The molecular weight excluding hydrogens is 356 g/mol. The van der Waals surface area contributed by atoms with Gasteiger partial charge in [0.15, 0.2) is 0 Å². The van der Waals surface area contributed by atoms with Gasteiger partial charge in [-0.25, -0.2) is 4.79 Å². The molecule has 148 valence electrons. The van der Waals surface area contributed by atoms with E-state index in [0.717, 1.165) is 5.56 Å². The van der Waals surface area contributed by atoms with Crippen LogP contribution in [-0.2, 0) is 11.3 Å². The Kier molecular flexibility index (Phi) is 7.56. The molecule has 7 nitrogen and oxygen atoms in total. The molecule has 0 aliphatic carbocycles. The zero-order chi connectivity index (χ0) is 20.5. The fourth-order valence-electron chi connectivity index (χ4n) is 2.49. The molecule has 0 aliphatic rings. The smallest absolute Gasteiger partial charge is 0.315 e. The van der Waals surface area contributed by atoms with Crippen molar-refractivity contribution in [1.82, 2.24) is 15.5 Å². The maximum atomic E-state index is 12.5. The number of nitrogens with zero attached hydrogens (tertiary/aromatic N) is 1. The van der Waals surface area contributed by atoms with E-state index in [1.807, 2.05) is 32.0 Å². The van der Waals surface area contributed by atoms with Crippen molar-refractivity contribution in [2.45, 2.75) is 26.4 Å². The lowest BCUT2D eigenvalue weighted by molar-refractivity contribution is -0.116. The van der Waals surface area contributed by atoms with Gasteiger partial charge >= 0.3 is 6.03 Å². The van der Waals surface area contributed by atoms with Crippen molar-refractivity contribution < 1.29 is 14.4 Å². The van der Waals surface area contributed by atoms with E-state index in [2.05, 4.69) is 16.0 Å². The van der Waals surface area contributed by atoms with Gasteiger partial charge in [0, 0.05) is 30.9 Å². The molecule has 2 aromatic carbocycles. The highest BCUT2D eigenvalue weighted by Crippen LogP contribution is 2.08. The summed E-state index contributed by atoms with van der Waals surface area (Å²) in [7, 11) is 1.58. The Morgan fingerprint density at radius 2 is 1.61 bits per heavy atom. The monoisotopic (exact) mass is 382 g/mol. The quantitative estimate of drug-likeness (QED) is 0.687. The number of rotatable bonds is 7. The molecule has 28 heavy (non-hydrogen) atoms. The lowest BCUT2D eigenvalue weighted by Gasteiger charge is -2.17. The van der Waals surface area contributed by atoms with Crippen molar-refractivity contribution in [1.29, 1.82) is 0 Å². The predicted molar refractivity (Wildman–Crippen MR) is 109 cm³/mol. The third-order valence-electron chi connectivity index (χ3n) is 3.86. The fraction of sp³-hybridized carbons (Fsp3) is 0.286. The van der Waals surface area contributed by atoms with Crippen LogP contribution in [0.5, 0.6) is 0 Å². The molecule has 0 saturated heterocycles. The van der Waals surface area contributed by atoms with E-state index in [1.165, 1.54) is 4.90 Å². The van der Waals surface area contributed by atoms with Crippen molar-refractivity contribution in [3.8, 4) is 0 Å². The van der Waals surface area contributed by atoms with Crippen LogP contribution in [0, 0.1) is 0 Å². The van der Waals surface area contributed by atoms with Gasteiger partial charge in [0.2, 0.25) is 5.91 Å². The van der Waals surface area contributed by atoms with Crippen LogP contribution in [0.4, 0.5) is 10.5 Å². The van der Waals surface area contributed by atoms with Crippen LogP contribution in [0.25, 0.3) is 0 Å². The van der Waals surface area contributed by atoms with Crippen LogP contribution in [0.1, 0.15) is 29.8 Å². The van der Waals surface area contributed by atoms with E-state index in [0.29, 0.717) is 17.8 Å². The Balaban J connectivity index is 1.85. The third kappa shape index (κ3) is 6.75. The van der Waals surface area contributed by atoms with Crippen LogP contribution in [0.15, 0.2) is 54.6 Å².